The third-order valence-corrected chi connectivity index (χ3v) is 0.596. The van der Waals surface area contributed by atoms with Gasteiger partial charge in [0.15, 0.2) is 0 Å². The maximum Gasteiger partial charge on any atom is 0.235 e. The zero-order valence-corrected chi connectivity index (χ0v) is 3.10. The lowest BCUT2D eigenvalue weighted by Gasteiger charge is -2.06. The predicted octanol–water partition coefficient (Wildman–Crippen LogP) is 0.0102. The van der Waals surface area contributed by atoms with Crippen molar-refractivity contribution in [2.75, 3.05) is 6.61 Å². The van der Waals surface area contributed by atoms with E-state index < -0.39 is 0 Å². The van der Waals surface area contributed by atoms with E-state index in [0.29, 0.717) is 12.2 Å². The van der Waals surface area contributed by atoms with Crippen LogP contribution in [0.1, 0.15) is 0 Å². The lowest BCUT2D eigenvalue weighted by molar-refractivity contribution is 0.232. The van der Waals surface area contributed by atoms with Crippen LogP contribution in [-0.4, -0.2) is 12.9 Å². The van der Waals surface area contributed by atoms with Crippen molar-refractivity contribution < 1.29 is 9.53 Å². The molecule has 0 N–H and O–H groups in total. The van der Waals surface area contributed by atoms with Gasteiger partial charge in [0.2, 0.25) is 6.29 Å². The van der Waals surface area contributed by atoms with Gasteiger partial charge in [-0.2, -0.15) is 0 Å². The minimum Gasteiger partial charge on any atom is -0.496 e. The molecule has 0 unspecified atom stereocenters. The van der Waals surface area contributed by atoms with Crippen LogP contribution in [0.3, 0.4) is 0 Å². The van der Waals surface area contributed by atoms with Gasteiger partial charge in [-0.3, -0.25) is 4.79 Å². The van der Waals surface area contributed by atoms with E-state index in [1.165, 1.54) is 6.26 Å². The summed E-state index contributed by atoms with van der Waals surface area (Å²) in [5, 5.41) is 0. The molecular weight excluding hydrogens is 80.0 g/mol. The van der Waals surface area contributed by atoms with Crippen molar-refractivity contribution in [3.8, 4) is 0 Å². The van der Waals surface area contributed by atoms with Crippen LogP contribution in [0.25, 0.3) is 0 Å². The lowest BCUT2D eigenvalue weighted by Crippen LogP contribution is -2.04. The Labute approximate surface area is 35.4 Å². The first-order valence-electron chi connectivity index (χ1n) is 1.62. The van der Waals surface area contributed by atoms with E-state index in [-0.39, 0.29) is 0 Å². The molecule has 1 aliphatic rings. The molecule has 0 spiro atoms. The summed E-state index contributed by atoms with van der Waals surface area (Å²) in [5.41, 5.74) is 0.620. The Morgan fingerprint density at radius 2 is 2.67 bits per heavy atom. The monoisotopic (exact) mass is 83.0 g/mol. The molecule has 0 amide bonds. The summed E-state index contributed by atoms with van der Waals surface area (Å²) in [6.45, 7) is 0.448. The van der Waals surface area contributed by atoms with Crippen molar-refractivity contribution in [3.63, 3.8) is 0 Å². The number of carbonyl (C=O) groups excluding carboxylic acids is 1. The molecular formula is C4H3O2. The first-order valence-corrected chi connectivity index (χ1v) is 1.62. The highest BCUT2D eigenvalue weighted by atomic mass is 16.5. The Bertz CT molecular complexity index is 93.7. The van der Waals surface area contributed by atoms with E-state index in [0.717, 1.165) is 0 Å². The molecule has 2 nitrogen and oxygen atoms in total. The van der Waals surface area contributed by atoms with Gasteiger partial charge in [0.25, 0.3) is 0 Å². The van der Waals surface area contributed by atoms with E-state index in [1.807, 2.05) is 0 Å². The third-order valence-electron chi connectivity index (χ3n) is 0.596. The Kier molecular flexibility index (Phi) is 0.638. The standard InChI is InChI=1S/C4H3O2/c5-1-4-2-6-3-4/h2H,3H2. The fourth-order valence-electron chi connectivity index (χ4n) is 0.220. The average Bonchev–Trinajstić information content (AvgIpc) is 1.31. The summed E-state index contributed by atoms with van der Waals surface area (Å²) in [4.78, 5) is 9.51. The van der Waals surface area contributed by atoms with Gasteiger partial charge in [-0.05, 0) is 0 Å². The fraction of sp³-hybridized carbons (Fsp3) is 0.250. The number of ether oxygens (including phenoxy) is 1. The molecule has 0 atom stereocenters. The van der Waals surface area contributed by atoms with Crippen LogP contribution in [0.5, 0.6) is 0 Å². The Hall–Kier alpha value is -0.790. The molecule has 0 aromatic carbocycles. The summed E-state index contributed by atoms with van der Waals surface area (Å²) in [6, 6.07) is 0. The van der Waals surface area contributed by atoms with Crippen molar-refractivity contribution in [2.24, 2.45) is 0 Å². The lowest BCUT2D eigenvalue weighted by atomic mass is 10.3. The van der Waals surface area contributed by atoms with Crippen LogP contribution in [0, 0.1) is 0 Å². The van der Waals surface area contributed by atoms with Gasteiger partial charge in [0.1, 0.15) is 6.61 Å². The molecule has 6 heavy (non-hydrogen) atoms. The molecule has 0 bridgehead atoms. The molecule has 0 fully saturated rings. The van der Waals surface area contributed by atoms with E-state index in [9.17, 15) is 4.79 Å². The highest BCUT2D eigenvalue weighted by molar-refractivity contribution is 5.75. The number of rotatable bonds is 1. The molecule has 0 aromatic heterocycles. The van der Waals surface area contributed by atoms with Crippen molar-refractivity contribution in [1.82, 2.24) is 0 Å². The molecule has 0 saturated carbocycles. The van der Waals surface area contributed by atoms with Crippen LogP contribution in [0.2, 0.25) is 0 Å². The van der Waals surface area contributed by atoms with E-state index in [1.54, 1.807) is 6.29 Å². The summed E-state index contributed by atoms with van der Waals surface area (Å²) < 4.78 is 4.50. The average molecular weight is 83.1 g/mol. The van der Waals surface area contributed by atoms with Gasteiger partial charge in [0.05, 0.1) is 11.8 Å². The molecule has 1 aliphatic heterocycles. The number of hydrogen-bond donors (Lipinski definition) is 0. The minimum atomic E-state index is 0.448. The zero-order chi connectivity index (χ0) is 4.41. The van der Waals surface area contributed by atoms with Crippen molar-refractivity contribution in [3.05, 3.63) is 11.8 Å². The van der Waals surface area contributed by atoms with Gasteiger partial charge >= 0.3 is 0 Å². The molecule has 0 aromatic rings. The fourth-order valence-corrected chi connectivity index (χ4v) is 0.220. The zero-order valence-electron chi connectivity index (χ0n) is 3.10. The summed E-state index contributed by atoms with van der Waals surface area (Å²) >= 11 is 0. The Morgan fingerprint density at radius 3 is 2.67 bits per heavy atom. The van der Waals surface area contributed by atoms with Gasteiger partial charge in [-0.1, -0.05) is 0 Å². The third kappa shape index (κ3) is 0.302. The van der Waals surface area contributed by atoms with Crippen LogP contribution >= 0.6 is 0 Å². The van der Waals surface area contributed by atoms with Crippen molar-refractivity contribution in [1.29, 1.82) is 0 Å². The molecule has 0 aliphatic carbocycles. The second-order valence-electron chi connectivity index (χ2n) is 1.06. The summed E-state index contributed by atoms with van der Waals surface area (Å²) in [5.74, 6) is 0. The maximum absolute atomic E-state index is 9.51. The largest absolute Gasteiger partial charge is 0.496 e. The second kappa shape index (κ2) is 1.12. The second-order valence-corrected chi connectivity index (χ2v) is 1.06. The minimum absolute atomic E-state index is 0.448. The van der Waals surface area contributed by atoms with Gasteiger partial charge in [-0.25, -0.2) is 0 Å². The van der Waals surface area contributed by atoms with Gasteiger partial charge in [-0.15, -0.1) is 0 Å². The molecule has 1 radical (unpaired) electrons. The summed E-state index contributed by atoms with van der Waals surface area (Å²) in [7, 11) is 0. The highest BCUT2D eigenvalue weighted by Crippen LogP contribution is 2.01. The van der Waals surface area contributed by atoms with Gasteiger partial charge < -0.3 is 4.74 Å². The van der Waals surface area contributed by atoms with Crippen molar-refractivity contribution in [2.45, 2.75) is 0 Å². The Balaban J connectivity index is 2.52. The molecule has 0 saturated heterocycles. The topological polar surface area (TPSA) is 26.3 Å². The molecule has 1 rings (SSSR count). The van der Waals surface area contributed by atoms with Crippen molar-refractivity contribution >= 4 is 6.29 Å². The Morgan fingerprint density at radius 1 is 2.00 bits per heavy atom. The van der Waals surface area contributed by atoms with E-state index in [4.69, 9.17) is 0 Å². The molecule has 2 heteroatoms. The summed E-state index contributed by atoms with van der Waals surface area (Å²) in [6.07, 6.45) is 3.08. The quantitative estimate of drug-likeness (QED) is 0.446. The molecule has 1 heterocycles. The van der Waals surface area contributed by atoms with E-state index in [2.05, 4.69) is 4.74 Å². The van der Waals surface area contributed by atoms with Gasteiger partial charge in [0, 0.05) is 0 Å². The first kappa shape index (κ1) is 3.40. The SMILES string of the molecule is O=[C]C1=COC1. The first-order chi connectivity index (χ1) is 2.93. The van der Waals surface area contributed by atoms with Crippen LogP contribution < -0.4 is 0 Å². The van der Waals surface area contributed by atoms with E-state index >= 15 is 0 Å². The number of hydrogen-bond acceptors (Lipinski definition) is 2. The highest BCUT2D eigenvalue weighted by Gasteiger charge is 2.03. The maximum atomic E-state index is 9.51. The predicted molar refractivity (Wildman–Crippen MR) is 19.7 cm³/mol. The van der Waals surface area contributed by atoms with Crippen LogP contribution in [-0.2, 0) is 9.53 Å². The normalized spacial score (nSPS) is 17.0. The van der Waals surface area contributed by atoms with Crippen LogP contribution in [0.4, 0.5) is 0 Å². The smallest absolute Gasteiger partial charge is 0.235 e. The van der Waals surface area contributed by atoms with Crippen LogP contribution in [0.15, 0.2) is 11.8 Å². The molecule has 31 valence electrons.